The summed E-state index contributed by atoms with van der Waals surface area (Å²) in [5.41, 5.74) is 0. The van der Waals surface area contributed by atoms with E-state index >= 15 is 0 Å². The normalized spacial score (nSPS) is 11.1. The fourth-order valence-electron chi connectivity index (χ4n) is 1.33. The molecule has 0 unspecified atom stereocenters. The van der Waals surface area contributed by atoms with E-state index in [2.05, 4.69) is 4.74 Å². The van der Waals surface area contributed by atoms with Crippen LogP contribution >= 0.6 is 11.8 Å². The summed E-state index contributed by atoms with van der Waals surface area (Å²) in [5, 5.41) is -3.63. The van der Waals surface area contributed by atoms with Gasteiger partial charge in [-0.15, -0.1) is 0 Å². The number of rotatable bonds is 4. The van der Waals surface area contributed by atoms with Gasteiger partial charge in [0.25, 0.3) is 0 Å². The van der Waals surface area contributed by atoms with Gasteiger partial charge in [0.2, 0.25) is 0 Å². The van der Waals surface area contributed by atoms with Gasteiger partial charge in [0.05, 0.1) is 0 Å². The first kappa shape index (κ1) is 13.5. The van der Waals surface area contributed by atoms with Crippen LogP contribution in [-0.2, 0) is 4.79 Å². The van der Waals surface area contributed by atoms with Crippen LogP contribution in [0.5, 0.6) is 5.75 Å². The van der Waals surface area contributed by atoms with Crippen LogP contribution < -0.4 is 4.74 Å². The lowest BCUT2D eigenvalue weighted by Crippen LogP contribution is -2.29. The smallest absolute Gasteiger partial charge is 0.394 e. The largest absolute Gasteiger partial charge is 0.421 e. The molecule has 0 aliphatic heterocycles. The summed E-state index contributed by atoms with van der Waals surface area (Å²) in [5.74, 6) is -1.48. The number of carbonyl (C=O) groups is 1. The standard InChI is InChI=1S/C14H10F2O2S/c15-14(16,19-12-9-5-2-6-10-12)13(17)18-11-7-3-1-4-8-11/h1-10H. The van der Waals surface area contributed by atoms with E-state index in [1.807, 2.05) is 0 Å². The Morgan fingerprint density at radius 1 is 0.947 bits per heavy atom. The molecule has 0 aliphatic carbocycles. The zero-order valence-corrected chi connectivity index (χ0v) is 10.6. The van der Waals surface area contributed by atoms with Gasteiger partial charge in [0.1, 0.15) is 5.75 Å². The first-order chi connectivity index (χ1) is 9.08. The number of hydrogen-bond donors (Lipinski definition) is 0. The molecule has 19 heavy (non-hydrogen) atoms. The van der Waals surface area contributed by atoms with Crippen molar-refractivity contribution in [3.63, 3.8) is 0 Å². The summed E-state index contributed by atoms with van der Waals surface area (Å²) in [6, 6.07) is 15.8. The fourth-order valence-corrected chi connectivity index (χ4v) is 2.05. The number of hydrogen-bond acceptors (Lipinski definition) is 3. The molecule has 0 N–H and O–H groups in total. The van der Waals surface area contributed by atoms with Gasteiger partial charge in [0.15, 0.2) is 0 Å². The highest BCUT2D eigenvalue weighted by Gasteiger charge is 2.42. The summed E-state index contributed by atoms with van der Waals surface area (Å²) in [4.78, 5) is 11.7. The average Bonchev–Trinajstić information content (AvgIpc) is 2.40. The van der Waals surface area contributed by atoms with E-state index in [1.165, 1.54) is 24.3 Å². The molecular formula is C14H10F2O2S. The number of benzene rings is 2. The molecule has 2 nitrogen and oxygen atoms in total. The lowest BCUT2D eigenvalue weighted by molar-refractivity contribution is -0.149. The molecule has 0 radical (unpaired) electrons. The van der Waals surface area contributed by atoms with E-state index < -0.39 is 11.2 Å². The fraction of sp³-hybridized carbons (Fsp3) is 0.0714. The molecule has 0 spiro atoms. The maximum atomic E-state index is 13.7. The number of ether oxygens (including phenoxy) is 1. The molecular weight excluding hydrogens is 270 g/mol. The second kappa shape index (κ2) is 5.84. The van der Waals surface area contributed by atoms with Gasteiger partial charge in [-0.1, -0.05) is 36.4 Å². The van der Waals surface area contributed by atoms with Crippen molar-refractivity contribution in [2.45, 2.75) is 10.2 Å². The van der Waals surface area contributed by atoms with Gasteiger partial charge in [-0.25, -0.2) is 4.79 Å². The Morgan fingerprint density at radius 3 is 2.05 bits per heavy atom. The third-order valence-corrected chi connectivity index (χ3v) is 3.11. The minimum atomic E-state index is -3.63. The Kier molecular flexibility index (Phi) is 4.16. The summed E-state index contributed by atoms with van der Waals surface area (Å²) < 4.78 is 32.0. The third kappa shape index (κ3) is 3.79. The van der Waals surface area contributed by atoms with Crippen molar-refractivity contribution < 1.29 is 18.3 Å². The van der Waals surface area contributed by atoms with Crippen molar-refractivity contribution in [2.75, 3.05) is 0 Å². The summed E-state index contributed by atoms with van der Waals surface area (Å²) in [6.45, 7) is 0. The number of para-hydroxylation sites is 1. The Hall–Kier alpha value is -1.88. The van der Waals surface area contributed by atoms with Crippen molar-refractivity contribution in [1.29, 1.82) is 0 Å². The quantitative estimate of drug-likeness (QED) is 0.481. The molecule has 0 heterocycles. The second-order valence-corrected chi connectivity index (χ2v) is 4.82. The highest BCUT2D eigenvalue weighted by molar-refractivity contribution is 8.01. The monoisotopic (exact) mass is 280 g/mol. The average molecular weight is 280 g/mol. The van der Waals surface area contributed by atoms with E-state index in [0.29, 0.717) is 4.90 Å². The predicted molar refractivity (Wildman–Crippen MR) is 69.3 cm³/mol. The van der Waals surface area contributed by atoms with Gasteiger partial charge in [0, 0.05) is 4.90 Å². The summed E-state index contributed by atoms with van der Waals surface area (Å²) >= 11 is 0.165. The maximum Gasteiger partial charge on any atom is 0.394 e. The van der Waals surface area contributed by atoms with Crippen molar-refractivity contribution in [3.8, 4) is 5.75 Å². The number of alkyl halides is 2. The highest BCUT2D eigenvalue weighted by atomic mass is 32.2. The molecule has 0 saturated heterocycles. The molecule has 5 heteroatoms. The zero-order chi connectivity index (χ0) is 13.7. The summed E-state index contributed by atoms with van der Waals surface area (Å²) in [7, 11) is 0. The second-order valence-electron chi connectivity index (χ2n) is 3.63. The van der Waals surface area contributed by atoms with Gasteiger partial charge >= 0.3 is 11.2 Å². The van der Waals surface area contributed by atoms with Gasteiger partial charge in [-0.2, -0.15) is 8.78 Å². The van der Waals surface area contributed by atoms with Crippen LogP contribution in [0.15, 0.2) is 65.6 Å². The third-order valence-electron chi connectivity index (χ3n) is 2.18. The van der Waals surface area contributed by atoms with Crippen LogP contribution in [0.2, 0.25) is 0 Å². The van der Waals surface area contributed by atoms with Crippen molar-refractivity contribution >= 4 is 17.7 Å². The Morgan fingerprint density at radius 2 is 1.47 bits per heavy atom. The van der Waals surface area contributed by atoms with Crippen LogP contribution in [0.25, 0.3) is 0 Å². The molecule has 0 amide bonds. The Balaban J connectivity index is 2.05. The molecule has 2 rings (SSSR count). The molecule has 0 aliphatic rings. The molecule has 2 aromatic carbocycles. The van der Waals surface area contributed by atoms with Crippen LogP contribution in [0, 0.1) is 0 Å². The molecule has 98 valence electrons. The van der Waals surface area contributed by atoms with E-state index in [9.17, 15) is 13.6 Å². The number of carbonyl (C=O) groups excluding carboxylic acids is 1. The van der Waals surface area contributed by atoms with Gasteiger partial charge < -0.3 is 4.74 Å². The summed E-state index contributed by atoms with van der Waals surface area (Å²) in [6.07, 6.45) is 0. The zero-order valence-electron chi connectivity index (χ0n) is 9.75. The molecule has 0 saturated carbocycles. The minimum Gasteiger partial charge on any atom is -0.421 e. The Bertz CT molecular complexity index is 544. The first-order valence-electron chi connectivity index (χ1n) is 5.47. The highest BCUT2D eigenvalue weighted by Crippen LogP contribution is 2.36. The predicted octanol–water partition coefficient (Wildman–Crippen LogP) is 3.98. The number of thioether (sulfide) groups is 1. The van der Waals surface area contributed by atoms with E-state index in [4.69, 9.17) is 0 Å². The van der Waals surface area contributed by atoms with E-state index in [0.717, 1.165) is 0 Å². The number of esters is 1. The number of halogens is 2. The minimum absolute atomic E-state index is 0.0980. The van der Waals surface area contributed by atoms with Crippen molar-refractivity contribution in [1.82, 2.24) is 0 Å². The van der Waals surface area contributed by atoms with Gasteiger partial charge in [-0.3, -0.25) is 0 Å². The van der Waals surface area contributed by atoms with Crippen molar-refractivity contribution in [3.05, 3.63) is 60.7 Å². The molecule has 2 aromatic rings. The lowest BCUT2D eigenvalue weighted by atomic mass is 10.3. The maximum absolute atomic E-state index is 13.7. The van der Waals surface area contributed by atoms with Crippen LogP contribution in [0.4, 0.5) is 8.78 Å². The Labute approximate surface area is 113 Å². The molecule has 0 fully saturated rings. The first-order valence-corrected chi connectivity index (χ1v) is 6.29. The van der Waals surface area contributed by atoms with Crippen LogP contribution in [0.1, 0.15) is 0 Å². The van der Waals surface area contributed by atoms with Gasteiger partial charge in [-0.05, 0) is 36.0 Å². The van der Waals surface area contributed by atoms with E-state index in [-0.39, 0.29) is 17.5 Å². The molecule has 0 bridgehead atoms. The molecule has 0 atom stereocenters. The SMILES string of the molecule is O=C(Oc1ccccc1)C(F)(F)Sc1ccccc1. The lowest BCUT2D eigenvalue weighted by Gasteiger charge is -2.14. The van der Waals surface area contributed by atoms with E-state index in [1.54, 1.807) is 36.4 Å². The molecule has 0 aromatic heterocycles. The van der Waals surface area contributed by atoms with Crippen LogP contribution in [-0.4, -0.2) is 11.2 Å². The van der Waals surface area contributed by atoms with Crippen LogP contribution in [0.3, 0.4) is 0 Å². The van der Waals surface area contributed by atoms with Crippen molar-refractivity contribution in [2.24, 2.45) is 0 Å². The topological polar surface area (TPSA) is 26.3 Å².